The second kappa shape index (κ2) is 7.76. The lowest BCUT2D eigenvalue weighted by Gasteiger charge is -2.21. The van der Waals surface area contributed by atoms with E-state index in [9.17, 15) is 19.7 Å². The molecule has 0 saturated carbocycles. The number of rotatable bonds is 5. The van der Waals surface area contributed by atoms with Crippen LogP contribution in [0.5, 0.6) is 0 Å². The number of likely N-dealkylation sites (N-methyl/N-ethyl adjacent to an activating group) is 1. The third-order valence-corrected chi connectivity index (χ3v) is 3.70. The summed E-state index contributed by atoms with van der Waals surface area (Å²) in [5, 5.41) is 10.9. The second-order valence-corrected chi connectivity index (χ2v) is 5.76. The number of nitro benzene ring substituents is 1. The van der Waals surface area contributed by atoms with Crippen LogP contribution in [-0.2, 0) is 9.53 Å². The second-order valence-electron chi connectivity index (χ2n) is 5.35. The number of non-ortho nitro benzene ring substituents is 1. The first-order chi connectivity index (χ1) is 11.8. The monoisotopic (exact) mass is 362 g/mol. The Morgan fingerprint density at radius 1 is 1.16 bits per heavy atom. The van der Waals surface area contributed by atoms with Crippen molar-refractivity contribution in [1.82, 2.24) is 4.90 Å². The lowest BCUT2D eigenvalue weighted by atomic mass is 10.1. The Labute approximate surface area is 148 Å². The lowest BCUT2D eigenvalue weighted by Crippen LogP contribution is -2.31. The molecule has 0 fully saturated rings. The highest BCUT2D eigenvalue weighted by Crippen LogP contribution is 2.26. The van der Waals surface area contributed by atoms with Crippen molar-refractivity contribution in [1.29, 1.82) is 0 Å². The number of esters is 1. The summed E-state index contributed by atoms with van der Waals surface area (Å²) in [6, 6.07) is 11.9. The summed E-state index contributed by atoms with van der Waals surface area (Å²) in [6.07, 6.45) is -1.18. The average molecular weight is 363 g/mol. The maximum atomic E-state index is 12.5. The van der Waals surface area contributed by atoms with Crippen molar-refractivity contribution in [3.63, 3.8) is 0 Å². The Morgan fingerprint density at radius 3 is 2.36 bits per heavy atom. The minimum absolute atomic E-state index is 0.000265. The maximum absolute atomic E-state index is 12.5. The molecule has 0 bridgehead atoms. The number of benzene rings is 2. The first-order valence-electron chi connectivity index (χ1n) is 7.22. The predicted molar refractivity (Wildman–Crippen MR) is 91.4 cm³/mol. The number of carbonyl (C=O) groups is 2. The summed E-state index contributed by atoms with van der Waals surface area (Å²) in [6.45, 7) is 0. The van der Waals surface area contributed by atoms with Crippen molar-refractivity contribution in [2.75, 3.05) is 14.1 Å². The van der Waals surface area contributed by atoms with Gasteiger partial charge in [0.05, 0.1) is 15.5 Å². The fraction of sp³-hybridized carbons (Fsp3) is 0.176. The molecule has 130 valence electrons. The van der Waals surface area contributed by atoms with Crippen LogP contribution in [0.1, 0.15) is 22.0 Å². The van der Waals surface area contributed by atoms with Crippen LogP contribution in [0.25, 0.3) is 0 Å². The highest BCUT2D eigenvalue weighted by atomic mass is 35.5. The molecule has 8 heteroatoms. The number of nitrogens with zero attached hydrogens (tertiary/aromatic N) is 2. The standard InChI is InChI=1S/C17H15ClN2O5/c1-19(2)16(21)15(11-6-4-3-5-7-11)25-17(22)13-10-12(20(23)24)8-9-14(13)18/h3-10,15H,1-2H3/t15-/m1/s1. The number of carbonyl (C=O) groups excluding carboxylic acids is 2. The van der Waals surface area contributed by atoms with Gasteiger partial charge in [0.15, 0.2) is 0 Å². The molecule has 2 aromatic rings. The Bertz CT molecular complexity index is 808. The van der Waals surface area contributed by atoms with Crippen molar-refractivity contribution in [3.05, 3.63) is 74.8 Å². The van der Waals surface area contributed by atoms with E-state index in [4.69, 9.17) is 16.3 Å². The molecule has 2 aromatic carbocycles. The van der Waals surface area contributed by atoms with Crippen molar-refractivity contribution < 1.29 is 19.2 Å². The minimum Gasteiger partial charge on any atom is -0.444 e. The summed E-state index contributed by atoms with van der Waals surface area (Å²) >= 11 is 5.95. The Hall–Kier alpha value is -2.93. The van der Waals surface area contributed by atoms with Gasteiger partial charge in [0.2, 0.25) is 6.10 Å². The van der Waals surface area contributed by atoms with E-state index in [1.165, 1.54) is 31.1 Å². The van der Waals surface area contributed by atoms with Gasteiger partial charge in [0, 0.05) is 31.8 Å². The SMILES string of the molecule is CN(C)C(=O)[C@H](OC(=O)c1cc([N+](=O)[O-])ccc1Cl)c1ccccc1. The van der Waals surface area contributed by atoms with Crippen LogP contribution in [0.2, 0.25) is 5.02 Å². The number of nitro groups is 1. The van der Waals surface area contributed by atoms with Crippen molar-refractivity contribution in [3.8, 4) is 0 Å². The van der Waals surface area contributed by atoms with Gasteiger partial charge in [-0.2, -0.15) is 0 Å². The van der Waals surface area contributed by atoms with Gasteiger partial charge < -0.3 is 9.64 Å². The smallest absolute Gasteiger partial charge is 0.341 e. The molecule has 2 rings (SSSR count). The van der Waals surface area contributed by atoms with Gasteiger partial charge in [0.25, 0.3) is 11.6 Å². The number of halogens is 1. The Morgan fingerprint density at radius 2 is 1.80 bits per heavy atom. The number of hydrogen-bond acceptors (Lipinski definition) is 5. The number of ether oxygens (including phenoxy) is 1. The summed E-state index contributed by atoms with van der Waals surface area (Å²) in [4.78, 5) is 36.4. The van der Waals surface area contributed by atoms with Crippen molar-refractivity contribution in [2.45, 2.75) is 6.10 Å². The van der Waals surface area contributed by atoms with Crippen LogP contribution in [0.3, 0.4) is 0 Å². The van der Waals surface area contributed by atoms with Gasteiger partial charge in [-0.3, -0.25) is 14.9 Å². The van der Waals surface area contributed by atoms with Crippen LogP contribution in [0.4, 0.5) is 5.69 Å². The van der Waals surface area contributed by atoms with E-state index in [1.54, 1.807) is 30.3 Å². The Balaban J connectivity index is 2.36. The van der Waals surface area contributed by atoms with E-state index in [2.05, 4.69) is 0 Å². The highest BCUT2D eigenvalue weighted by molar-refractivity contribution is 6.33. The first kappa shape index (κ1) is 18.4. The van der Waals surface area contributed by atoms with Crippen molar-refractivity contribution in [2.24, 2.45) is 0 Å². The fourth-order valence-corrected chi connectivity index (χ4v) is 2.27. The normalized spacial score (nSPS) is 11.5. The van der Waals surface area contributed by atoms with E-state index in [1.807, 2.05) is 0 Å². The number of hydrogen-bond donors (Lipinski definition) is 0. The molecule has 0 radical (unpaired) electrons. The third-order valence-electron chi connectivity index (χ3n) is 3.37. The van der Waals surface area contributed by atoms with Crippen LogP contribution < -0.4 is 0 Å². The molecular weight excluding hydrogens is 348 g/mol. The molecule has 0 aliphatic rings. The van der Waals surface area contributed by atoms with E-state index >= 15 is 0 Å². The molecule has 7 nitrogen and oxygen atoms in total. The molecule has 0 spiro atoms. The quantitative estimate of drug-likeness (QED) is 0.462. The molecule has 0 saturated heterocycles. The van der Waals surface area contributed by atoms with Gasteiger partial charge in [-0.1, -0.05) is 41.9 Å². The zero-order valence-electron chi connectivity index (χ0n) is 13.5. The molecule has 1 amide bonds. The maximum Gasteiger partial charge on any atom is 0.341 e. The third kappa shape index (κ3) is 4.33. The van der Waals surface area contributed by atoms with E-state index in [0.29, 0.717) is 5.56 Å². The van der Waals surface area contributed by atoms with E-state index in [-0.39, 0.29) is 16.3 Å². The first-order valence-corrected chi connectivity index (χ1v) is 7.60. The summed E-state index contributed by atoms with van der Waals surface area (Å²) < 4.78 is 5.32. The average Bonchev–Trinajstić information content (AvgIpc) is 2.59. The van der Waals surface area contributed by atoms with E-state index < -0.39 is 22.9 Å². The molecule has 0 N–H and O–H groups in total. The van der Waals surface area contributed by atoms with Gasteiger partial charge in [-0.05, 0) is 6.07 Å². The minimum atomic E-state index is -1.18. The van der Waals surface area contributed by atoms with Crippen LogP contribution in [0, 0.1) is 10.1 Å². The molecule has 0 heterocycles. The predicted octanol–water partition coefficient (Wildman–Crippen LogP) is 3.23. The van der Waals surface area contributed by atoms with Gasteiger partial charge >= 0.3 is 5.97 Å². The molecule has 0 aliphatic carbocycles. The summed E-state index contributed by atoms with van der Waals surface area (Å²) in [7, 11) is 3.07. The zero-order chi connectivity index (χ0) is 18.6. The van der Waals surface area contributed by atoms with Crippen LogP contribution in [-0.4, -0.2) is 35.8 Å². The molecular formula is C17H15ClN2O5. The van der Waals surface area contributed by atoms with Crippen molar-refractivity contribution >= 4 is 29.2 Å². The van der Waals surface area contributed by atoms with Crippen LogP contribution in [0.15, 0.2) is 48.5 Å². The number of amides is 1. The molecule has 0 aliphatic heterocycles. The van der Waals surface area contributed by atoms with Gasteiger partial charge in [-0.15, -0.1) is 0 Å². The zero-order valence-corrected chi connectivity index (χ0v) is 14.3. The largest absolute Gasteiger partial charge is 0.444 e. The fourth-order valence-electron chi connectivity index (χ4n) is 2.08. The lowest BCUT2D eigenvalue weighted by molar-refractivity contribution is -0.384. The van der Waals surface area contributed by atoms with Gasteiger partial charge in [-0.25, -0.2) is 4.79 Å². The summed E-state index contributed by atoms with van der Waals surface area (Å²) in [5.41, 5.74) is 0.00556. The van der Waals surface area contributed by atoms with Crippen LogP contribution >= 0.6 is 11.6 Å². The van der Waals surface area contributed by atoms with Gasteiger partial charge in [0.1, 0.15) is 0 Å². The molecule has 0 unspecified atom stereocenters. The molecule has 25 heavy (non-hydrogen) atoms. The topological polar surface area (TPSA) is 89.8 Å². The highest BCUT2D eigenvalue weighted by Gasteiger charge is 2.28. The summed E-state index contributed by atoms with van der Waals surface area (Å²) in [5.74, 6) is -1.36. The molecule has 1 atom stereocenters. The van der Waals surface area contributed by atoms with E-state index in [0.717, 1.165) is 6.07 Å². The Kier molecular flexibility index (Phi) is 5.71. The molecule has 0 aromatic heterocycles.